The topological polar surface area (TPSA) is 46.3 Å². The second-order valence-corrected chi connectivity index (χ2v) is 7.39. The van der Waals surface area contributed by atoms with Crippen LogP contribution in [-0.2, 0) is 12.8 Å². The summed E-state index contributed by atoms with van der Waals surface area (Å²) in [6, 6.07) is 2.40. The molecule has 1 fully saturated rings. The molecule has 1 unspecified atom stereocenters. The van der Waals surface area contributed by atoms with Crippen LogP contribution in [0.15, 0.2) is 6.07 Å². The van der Waals surface area contributed by atoms with Crippen LogP contribution in [0.3, 0.4) is 0 Å². The molecule has 1 saturated heterocycles. The number of thiophene rings is 1. The summed E-state index contributed by atoms with van der Waals surface area (Å²) in [5.41, 5.74) is 7.39. The number of likely N-dealkylation sites (tertiary alicyclic amines) is 1. The van der Waals surface area contributed by atoms with Gasteiger partial charge in [0.1, 0.15) is 0 Å². The monoisotopic (exact) mass is 328 g/mol. The van der Waals surface area contributed by atoms with E-state index < -0.39 is 0 Å². The first-order valence-corrected chi connectivity index (χ1v) is 8.63. The van der Waals surface area contributed by atoms with E-state index in [4.69, 9.17) is 5.73 Å². The third kappa shape index (κ3) is 3.61. The van der Waals surface area contributed by atoms with Crippen molar-refractivity contribution in [3.05, 3.63) is 21.4 Å². The Morgan fingerprint density at radius 3 is 2.62 bits per heavy atom. The van der Waals surface area contributed by atoms with Crippen LogP contribution in [0.1, 0.15) is 52.7 Å². The first kappa shape index (κ1) is 16.8. The fourth-order valence-electron chi connectivity index (χ4n) is 3.38. The van der Waals surface area contributed by atoms with E-state index >= 15 is 0 Å². The molecule has 1 amide bonds. The van der Waals surface area contributed by atoms with Gasteiger partial charge in [-0.15, -0.1) is 23.7 Å². The summed E-state index contributed by atoms with van der Waals surface area (Å²) in [4.78, 5) is 17.0. The standard InChI is InChI=1S/C16H24N2OS.ClH/c1-11(17)12-6-8-18(9-7-12)16(19)15-10-13-4-2-3-5-14(13)20-15;/h10-12H,2-9,17H2,1H3;1H. The molecule has 0 aromatic carbocycles. The molecule has 1 aliphatic heterocycles. The van der Waals surface area contributed by atoms with Crippen molar-refractivity contribution in [2.45, 2.75) is 51.5 Å². The van der Waals surface area contributed by atoms with Crippen LogP contribution in [0.2, 0.25) is 0 Å². The van der Waals surface area contributed by atoms with Gasteiger partial charge >= 0.3 is 0 Å². The van der Waals surface area contributed by atoms with Gasteiger partial charge in [0.05, 0.1) is 4.88 Å². The van der Waals surface area contributed by atoms with Crippen molar-refractivity contribution < 1.29 is 4.79 Å². The summed E-state index contributed by atoms with van der Waals surface area (Å²) in [6.07, 6.45) is 6.98. The Morgan fingerprint density at radius 1 is 1.33 bits per heavy atom. The summed E-state index contributed by atoms with van der Waals surface area (Å²) >= 11 is 1.73. The van der Waals surface area contributed by atoms with Crippen LogP contribution in [0, 0.1) is 5.92 Å². The van der Waals surface area contributed by atoms with Gasteiger partial charge in [0.25, 0.3) is 5.91 Å². The Bertz CT molecular complexity index is 469. The quantitative estimate of drug-likeness (QED) is 0.905. The number of fused-ring (bicyclic) bond motifs is 1. The molecule has 1 atom stereocenters. The van der Waals surface area contributed by atoms with Gasteiger partial charge in [0, 0.05) is 24.0 Å². The normalized spacial score (nSPS) is 20.6. The molecule has 2 N–H and O–H groups in total. The van der Waals surface area contributed by atoms with E-state index in [1.54, 1.807) is 11.3 Å². The predicted octanol–water partition coefficient (Wildman–Crippen LogP) is 3.25. The van der Waals surface area contributed by atoms with Gasteiger partial charge in [-0.3, -0.25) is 4.79 Å². The Hall–Kier alpha value is -0.580. The van der Waals surface area contributed by atoms with Crippen LogP contribution in [0.4, 0.5) is 0 Å². The van der Waals surface area contributed by atoms with Crippen LogP contribution in [-0.4, -0.2) is 29.9 Å². The Balaban J connectivity index is 0.00000161. The molecule has 1 aromatic rings. The average Bonchev–Trinajstić information content (AvgIpc) is 2.90. The van der Waals surface area contributed by atoms with Crippen LogP contribution >= 0.6 is 23.7 Å². The highest BCUT2D eigenvalue weighted by Gasteiger charge is 2.27. The number of halogens is 1. The lowest BCUT2D eigenvalue weighted by atomic mass is 9.91. The molecule has 2 heterocycles. The molecule has 3 nitrogen and oxygen atoms in total. The number of aryl methyl sites for hydroxylation is 2. The summed E-state index contributed by atoms with van der Waals surface area (Å²) in [7, 11) is 0. The number of carbonyl (C=O) groups is 1. The predicted molar refractivity (Wildman–Crippen MR) is 90.5 cm³/mol. The van der Waals surface area contributed by atoms with E-state index in [9.17, 15) is 4.79 Å². The van der Waals surface area contributed by atoms with Crippen molar-refractivity contribution in [2.75, 3.05) is 13.1 Å². The number of carbonyl (C=O) groups excluding carboxylic acids is 1. The molecule has 0 spiro atoms. The van der Waals surface area contributed by atoms with Gasteiger partial charge in [-0.25, -0.2) is 0 Å². The van der Waals surface area contributed by atoms with Crippen molar-refractivity contribution in [3.8, 4) is 0 Å². The van der Waals surface area contributed by atoms with Gasteiger partial charge in [0.2, 0.25) is 0 Å². The summed E-state index contributed by atoms with van der Waals surface area (Å²) in [5.74, 6) is 0.822. The van der Waals surface area contributed by atoms with Gasteiger partial charge in [-0.2, -0.15) is 0 Å². The van der Waals surface area contributed by atoms with E-state index in [0.717, 1.165) is 37.2 Å². The van der Waals surface area contributed by atoms with E-state index in [1.165, 1.54) is 29.7 Å². The highest BCUT2D eigenvalue weighted by Crippen LogP contribution is 2.31. The smallest absolute Gasteiger partial charge is 0.263 e. The fraction of sp³-hybridized carbons (Fsp3) is 0.688. The van der Waals surface area contributed by atoms with E-state index in [0.29, 0.717) is 5.92 Å². The molecule has 0 radical (unpaired) electrons. The lowest BCUT2D eigenvalue weighted by Crippen LogP contribution is -2.42. The van der Waals surface area contributed by atoms with E-state index in [-0.39, 0.29) is 24.4 Å². The van der Waals surface area contributed by atoms with Crippen LogP contribution < -0.4 is 5.73 Å². The van der Waals surface area contributed by atoms with Crippen molar-refractivity contribution in [3.63, 3.8) is 0 Å². The van der Waals surface area contributed by atoms with E-state index in [1.807, 2.05) is 4.90 Å². The van der Waals surface area contributed by atoms with Gasteiger partial charge < -0.3 is 10.6 Å². The number of amides is 1. The number of nitrogens with two attached hydrogens (primary N) is 1. The number of nitrogens with zero attached hydrogens (tertiary/aromatic N) is 1. The number of rotatable bonds is 2. The zero-order chi connectivity index (χ0) is 14.1. The number of hydrogen-bond donors (Lipinski definition) is 1. The molecule has 1 aliphatic carbocycles. The van der Waals surface area contributed by atoms with Gasteiger partial charge in [0.15, 0.2) is 0 Å². The van der Waals surface area contributed by atoms with Crippen molar-refractivity contribution in [2.24, 2.45) is 11.7 Å². The lowest BCUT2D eigenvalue weighted by molar-refractivity contribution is 0.0686. The zero-order valence-corrected chi connectivity index (χ0v) is 14.3. The summed E-state index contributed by atoms with van der Waals surface area (Å²) in [5, 5.41) is 0. The summed E-state index contributed by atoms with van der Waals surface area (Å²) < 4.78 is 0. The first-order chi connectivity index (χ1) is 9.65. The van der Waals surface area contributed by atoms with Crippen LogP contribution in [0.5, 0.6) is 0 Å². The maximum Gasteiger partial charge on any atom is 0.263 e. The maximum atomic E-state index is 12.6. The third-order valence-corrected chi connectivity index (χ3v) is 6.00. The maximum absolute atomic E-state index is 12.6. The minimum Gasteiger partial charge on any atom is -0.338 e. The molecular weight excluding hydrogens is 304 g/mol. The molecule has 2 aliphatic rings. The highest BCUT2D eigenvalue weighted by atomic mass is 35.5. The minimum atomic E-state index is 0. The Kier molecular flexibility index (Phi) is 5.69. The van der Waals surface area contributed by atoms with E-state index in [2.05, 4.69) is 13.0 Å². The molecule has 1 aromatic heterocycles. The molecule has 0 saturated carbocycles. The molecule has 3 rings (SSSR count). The first-order valence-electron chi connectivity index (χ1n) is 7.81. The van der Waals surface area contributed by atoms with Crippen molar-refractivity contribution >= 4 is 29.7 Å². The van der Waals surface area contributed by atoms with Crippen molar-refractivity contribution in [1.29, 1.82) is 0 Å². The van der Waals surface area contributed by atoms with Gasteiger partial charge in [-0.1, -0.05) is 0 Å². The largest absolute Gasteiger partial charge is 0.338 e. The Labute approximate surface area is 137 Å². The average molecular weight is 329 g/mol. The number of hydrogen-bond acceptors (Lipinski definition) is 3. The molecule has 118 valence electrons. The molecule has 21 heavy (non-hydrogen) atoms. The molecule has 5 heteroatoms. The third-order valence-electron chi connectivity index (χ3n) is 4.78. The van der Waals surface area contributed by atoms with Crippen LogP contribution in [0.25, 0.3) is 0 Å². The second kappa shape index (κ2) is 7.12. The van der Waals surface area contributed by atoms with Crippen molar-refractivity contribution in [1.82, 2.24) is 4.90 Å². The van der Waals surface area contributed by atoms with Gasteiger partial charge in [-0.05, 0) is 63.0 Å². The number of piperidine rings is 1. The SMILES string of the molecule is CC(N)C1CCN(C(=O)c2cc3c(s2)CCCC3)CC1.Cl. The zero-order valence-electron chi connectivity index (χ0n) is 12.6. The highest BCUT2D eigenvalue weighted by molar-refractivity contribution is 7.14. The Morgan fingerprint density at radius 2 is 2.00 bits per heavy atom. The summed E-state index contributed by atoms with van der Waals surface area (Å²) in [6.45, 7) is 3.82. The minimum absolute atomic E-state index is 0. The molecule has 0 bridgehead atoms. The second-order valence-electron chi connectivity index (χ2n) is 6.25. The molecular formula is C16H25ClN2OS. The fourth-order valence-corrected chi connectivity index (χ4v) is 4.60. The lowest BCUT2D eigenvalue weighted by Gasteiger charge is -2.33.